The van der Waals surface area contributed by atoms with Crippen LogP contribution >= 0.6 is 11.8 Å². The van der Waals surface area contributed by atoms with Crippen LogP contribution in [0.15, 0.2) is 23.6 Å². The summed E-state index contributed by atoms with van der Waals surface area (Å²) in [7, 11) is 0. The predicted molar refractivity (Wildman–Crippen MR) is 85.9 cm³/mol. The highest BCUT2D eigenvalue weighted by Gasteiger charge is 2.29. The number of nitrogens with zero attached hydrogens (tertiary/aromatic N) is 4. The number of rotatable bonds is 5. The fraction of sp³-hybridized carbons (Fsp3) is 0.562. The van der Waals surface area contributed by atoms with Gasteiger partial charge in [0.15, 0.2) is 5.16 Å². The Kier molecular flexibility index (Phi) is 3.88. The first kappa shape index (κ1) is 14.2. The van der Waals surface area contributed by atoms with E-state index in [0.29, 0.717) is 6.04 Å². The molecule has 2 aromatic rings. The van der Waals surface area contributed by atoms with E-state index in [9.17, 15) is 0 Å². The summed E-state index contributed by atoms with van der Waals surface area (Å²) >= 11 is 1.57. The molecule has 0 amide bonds. The van der Waals surface area contributed by atoms with Crippen LogP contribution in [0.25, 0.3) is 11.3 Å². The van der Waals surface area contributed by atoms with Crippen molar-refractivity contribution in [1.82, 2.24) is 19.7 Å². The van der Waals surface area contributed by atoms with Crippen LogP contribution in [0.4, 0.5) is 0 Å². The molecule has 5 nitrogen and oxygen atoms in total. The summed E-state index contributed by atoms with van der Waals surface area (Å²) < 4.78 is 7.74. The molecular weight excluding hydrogens is 296 g/mol. The van der Waals surface area contributed by atoms with Crippen LogP contribution in [0.5, 0.6) is 0 Å². The Morgan fingerprint density at radius 3 is 3.00 bits per heavy atom. The van der Waals surface area contributed by atoms with Crippen LogP contribution in [0, 0.1) is 5.92 Å². The Morgan fingerprint density at radius 2 is 2.27 bits per heavy atom. The molecular formula is C16H20N4OS. The normalized spacial score (nSPS) is 21.4. The second kappa shape index (κ2) is 6.01. The summed E-state index contributed by atoms with van der Waals surface area (Å²) in [5.74, 6) is 0.818. The molecule has 0 aromatic carbocycles. The van der Waals surface area contributed by atoms with Gasteiger partial charge in [0.05, 0.1) is 24.5 Å². The molecule has 6 heteroatoms. The van der Waals surface area contributed by atoms with Crippen molar-refractivity contribution in [3.8, 4) is 11.3 Å². The van der Waals surface area contributed by atoms with Crippen LogP contribution in [0.1, 0.15) is 31.0 Å². The molecule has 1 atom stereocenters. The number of hydrogen-bond acceptors (Lipinski definition) is 5. The molecule has 22 heavy (non-hydrogen) atoms. The van der Waals surface area contributed by atoms with E-state index >= 15 is 0 Å². The molecule has 0 spiro atoms. The average molecular weight is 316 g/mol. The lowest BCUT2D eigenvalue weighted by Gasteiger charge is -2.14. The highest BCUT2D eigenvalue weighted by molar-refractivity contribution is 7.98. The van der Waals surface area contributed by atoms with E-state index in [1.165, 1.54) is 18.5 Å². The van der Waals surface area contributed by atoms with Crippen molar-refractivity contribution >= 4 is 11.8 Å². The minimum absolute atomic E-state index is 0.379. The summed E-state index contributed by atoms with van der Waals surface area (Å²) in [6.07, 6.45) is 10.7. The Bertz CT molecular complexity index is 662. The van der Waals surface area contributed by atoms with E-state index in [-0.39, 0.29) is 0 Å². The van der Waals surface area contributed by atoms with Gasteiger partial charge >= 0.3 is 0 Å². The van der Waals surface area contributed by atoms with Crippen LogP contribution in [-0.2, 0) is 11.2 Å². The lowest BCUT2D eigenvalue weighted by molar-refractivity contribution is 0.184. The third-order valence-corrected chi connectivity index (χ3v) is 4.98. The maximum Gasteiger partial charge on any atom is 0.187 e. The molecule has 4 rings (SSSR count). The summed E-state index contributed by atoms with van der Waals surface area (Å²) in [4.78, 5) is 8.93. The van der Waals surface area contributed by atoms with Crippen molar-refractivity contribution in [2.45, 2.75) is 36.9 Å². The monoisotopic (exact) mass is 316 g/mol. The first-order valence-electron chi connectivity index (χ1n) is 7.86. The molecule has 0 bridgehead atoms. The van der Waals surface area contributed by atoms with Gasteiger partial charge < -0.3 is 4.74 Å². The molecule has 0 N–H and O–H groups in total. The highest BCUT2D eigenvalue weighted by Crippen LogP contribution is 2.37. The molecule has 1 aliphatic heterocycles. The van der Waals surface area contributed by atoms with Gasteiger partial charge in [-0.05, 0) is 43.9 Å². The zero-order chi connectivity index (χ0) is 14.9. The molecule has 1 saturated heterocycles. The van der Waals surface area contributed by atoms with Crippen LogP contribution < -0.4 is 0 Å². The van der Waals surface area contributed by atoms with Gasteiger partial charge in [-0.25, -0.2) is 9.97 Å². The third-order valence-electron chi connectivity index (χ3n) is 4.42. The second-order valence-corrected chi connectivity index (χ2v) is 6.82. The minimum Gasteiger partial charge on any atom is -0.379 e. The average Bonchev–Trinajstić information content (AvgIpc) is 3.04. The van der Waals surface area contributed by atoms with E-state index < -0.39 is 0 Å². The molecule has 2 aromatic heterocycles. The minimum atomic E-state index is 0.379. The molecule has 0 radical (unpaired) electrons. The first-order chi connectivity index (χ1) is 10.8. The summed E-state index contributed by atoms with van der Waals surface area (Å²) in [6, 6.07) is 2.37. The molecule has 1 aliphatic carbocycles. The van der Waals surface area contributed by atoms with Crippen LogP contribution in [-0.4, -0.2) is 39.2 Å². The van der Waals surface area contributed by atoms with Crippen molar-refractivity contribution in [3.63, 3.8) is 0 Å². The van der Waals surface area contributed by atoms with Crippen molar-refractivity contribution in [2.75, 3.05) is 19.5 Å². The van der Waals surface area contributed by atoms with Crippen molar-refractivity contribution in [3.05, 3.63) is 24.2 Å². The topological polar surface area (TPSA) is 52.8 Å². The maximum atomic E-state index is 5.55. The third kappa shape index (κ3) is 2.77. The van der Waals surface area contributed by atoms with Gasteiger partial charge in [0.2, 0.25) is 0 Å². The first-order valence-corrected chi connectivity index (χ1v) is 9.09. The Hall–Kier alpha value is -1.40. The Balaban J connectivity index is 1.73. The van der Waals surface area contributed by atoms with E-state index in [1.807, 2.05) is 24.7 Å². The van der Waals surface area contributed by atoms with Gasteiger partial charge in [0.1, 0.15) is 0 Å². The van der Waals surface area contributed by atoms with Gasteiger partial charge in [0.25, 0.3) is 0 Å². The summed E-state index contributed by atoms with van der Waals surface area (Å²) in [5.41, 5.74) is 3.47. The fourth-order valence-electron chi connectivity index (χ4n) is 3.02. The number of aromatic nitrogens is 4. The largest absolute Gasteiger partial charge is 0.379 e. The van der Waals surface area contributed by atoms with E-state index in [4.69, 9.17) is 4.74 Å². The number of hydrogen-bond donors (Lipinski definition) is 0. The van der Waals surface area contributed by atoms with E-state index in [0.717, 1.165) is 48.4 Å². The highest BCUT2D eigenvalue weighted by atomic mass is 32.2. The van der Waals surface area contributed by atoms with Gasteiger partial charge in [-0.15, -0.1) is 0 Å². The standard InChI is InChI=1S/C16H20N4OS/c1-22-16-17-6-4-14(19-16)13-9-18-20(12-5-7-21-10-12)15(13)8-11-2-3-11/h4,6,9,11-12H,2-3,5,7-8,10H2,1H3/t12-/m1/s1. The van der Waals surface area contributed by atoms with Gasteiger partial charge in [-0.3, -0.25) is 4.68 Å². The van der Waals surface area contributed by atoms with Gasteiger partial charge in [-0.2, -0.15) is 5.10 Å². The molecule has 3 heterocycles. The smallest absolute Gasteiger partial charge is 0.187 e. The van der Waals surface area contributed by atoms with Gasteiger partial charge in [0, 0.05) is 24.1 Å². The number of thioether (sulfide) groups is 1. The molecule has 0 unspecified atom stereocenters. The molecule has 2 fully saturated rings. The zero-order valence-corrected chi connectivity index (χ0v) is 13.6. The van der Waals surface area contributed by atoms with E-state index in [2.05, 4.69) is 19.7 Å². The van der Waals surface area contributed by atoms with Gasteiger partial charge in [-0.1, -0.05) is 11.8 Å². The molecule has 1 saturated carbocycles. The van der Waals surface area contributed by atoms with Crippen LogP contribution in [0.3, 0.4) is 0 Å². The van der Waals surface area contributed by atoms with Crippen molar-refractivity contribution in [2.24, 2.45) is 5.92 Å². The molecule has 116 valence electrons. The Morgan fingerprint density at radius 1 is 1.36 bits per heavy atom. The van der Waals surface area contributed by atoms with Crippen molar-refractivity contribution in [1.29, 1.82) is 0 Å². The van der Waals surface area contributed by atoms with Crippen LogP contribution in [0.2, 0.25) is 0 Å². The molecule has 2 aliphatic rings. The summed E-state index contributed by atoms with van der Waals surface area (Å²) in [5, 5.41) is 5.49. The lowest BCUT2D eigenvalue weighted by atomic mass is 10.1. The fourth-order valence-corrected chi connectivity index (χ4v) is 3.38. The van der Waals surface area contributed by atoms with Crippen molar-refractivity contribution < 1.29 is 4.74 Å². The SMILES string of the molecule is CSc1nccc(-c2cnn([C@@H]3CCOC3)c2CC2CC2)n1. The lowest BCUT2D eigenvalue weighted by Crippen LogP contribution is -2.14. The summed E-state index contributed by atoms with van der Waals surface area (Å²) in [6.45, 7) is 1.62. The maximum absolute atomic E-state index is 5.55. The Labute approximate surface area is 134 Å². The zero-order valence-electron chi connectivity index (χ0n) is 12.7. The second-order valence-electron chi connectivity index (χ2n) is 6.04. The van der Waals surface area contributed by atoms with E-state index in [1.54, 1.807) is 11.8 Å². The quantitative estimate of drug-likeness (QED) is 0.627. The predicted octanol–water partition coefficient (Wildman–Crippen LogP) is 2.98. The number of ether oxygens (including phenoxy) is 1.